The Labute approximate surface area is 89.9 Å². The van der Waals surface area contributed by atoms with Crippen molar-refractivity contribution >= 4 is 6.41 Å². The Bertz CT molecular complexity index is 396. The first kappa shape index (κ1) is 8.96. The van der Waals surface area contributed by atoms with Crippen molar-refractivity contribution in [2.75, 3.05) is 0 Å². The lowest BCUT2D eigenvalue weighted by molar-refractivity contribution is -0.118. The average molecular weight is 201 g/mol. The summed E-state index contributed by atoms with van der Waals surface area (Å²) in [4.78, 5) is 12.5. The van der Waals surface area contributed by atoms with Crippen LogP contribution in [-0.4, -0.2) is 11.3 Å². The fraction of sp³-hybridized carbons (Fsp3) is 0.462. The van der Waals surface area contributed by atoms with Crippen molar-refractivity contribution in [2.45, 2.75) is 38.3 Å². The maximum Gasteiger partial charge on any atom is 0.210 e. The van der Waals surface area contributed by atoms with E-state index in [0.717, 1.165) is 25.4 Å². The molecule has 1 aromatic carbocycles. The molecule has 1 aliphatic carbocycles. The van der Waals surface area contributed by atoms with Crippen LogP contribution in [0.4, 0.5) is 0 Å². The van der Waals surface area contributed by atoms with Gasteiger partial charge in [0.1, 0.15) is 0 Å². The zero-order chi connectivity index (χ0) is 10.3. The van der Waals surface area contributed by atoms with Gasteiger partial charge < -0.3 is 4.90 Å². The predicted molar refractivity (Wildman–Crippen MR) is 58.3 cm³/mol. The second-order valence-corrected chi connectivity index (χ2v) is 4.67. The zero-order valence-electron chi connectivity index (χ0n) is 8.78. The van der Waals surface area contributed by atoms with E-state index < -0.39 is 0 Å². The Balaban J connectivity index is 1.88. The van der Waals surface area contributed by atoms with Gasteiger partial charge in [-0.3, -0.25) is 4.79 Å². The Hall–Kier alpha value is -1.31. The number of hydrogen-bond acceptors (Lipinski definition) is 1. The molecule has 78 valence electrons. The van der Waals surface area contributed by atoms with Gasteiger partial charge in [-0.05, 0) is 35.4 Å². The Morgan fingerprint density at radius 1 is 1.20 bits per heavy atom. The highest BCUT2D eigenvalue weighted by atomic mass is 16.1. The molecule has 3 rings (SSSR count). The van der Waals surface area contributed by atoms with Gasteiger partial charge in [-0.25, -0.2) is 0 Å². The monoisotopic (exact) mass is 201 g/mol. The first-order valence-corrected chi connectivity index (χ1v) is 5.68. The lowest BCUT2D eigenvalue weighted by Crippen LogP contribution is -2.12. The molecule has 0 aromatic heterocycles. The summed E-state index contributed by atoms with van der Waals surface area (Å²) in [6, 6.07) is 6.76. The minimum Gasteiger partial charge on any atom is -0.337 e. The van der Waals surface area contributed by atoms with Crippen LogP contribution in [0.3, 0.4) is 0 Å². The number of carbonyl (C=O) groups excluding carboxylic acids is 1. The molecule has 0 atom stereocenters. The van der Waals surface area contributed by atoms with Crippen molar-refractivity contribution < 1.29 is 4.79 Å². The smallest absolute Gasteiger partial charge is 0.210 e. The number of rotatable bonds is 2. The van der Waals surface area contributed by atoms with Crippen molar-refractivity contribution in [3.05, 3.63) is 34.9 Å². The van der Waals surface area contributed by atoms with E-state index in [4.69, 9.17) is 0 Å². The number of nitrogens with zero attached hydrogens (tertiary/aromatic N) is 1. The minimum absolute atomic E-state index is 0.792. The number of carbonyl (C=O) groups is 1. The Morgan fingerprint density at radius 3 is 2.67 bits per heavy atom. The van der Waals surface area contributed by atoms with Crippen LogP contribution in [0.15, 0.2) is 18.2 Å². The third-order valence-corrected chi connectivity index (χ3v) is 3.70. The van der Waals surface area contributed by atoms with Gasteiger partial charge in [0.25, 0.3) is 0 Å². The second-order valence-electron chi connectivity index (χ2n) is 4.67. The molecule has 2 nitrogen and oxygen atoms in total. The number of benzene rings is 1. The van der Waals surface area contributed by atoms with E-state index in [-0.39, 0.29) is 0 Å². The molecule has 1 saturated carbocycles. The molecule has 1 aromatic rings. The lowest BCUT2D eigenvalue weighted by Gasteiger charge is -2.26. The maximum absolute atomic E-state index is 10.7. The lowest BCUT2D eigenvalue weighted by atomic mass is 9.79. The second kappa shape index (κ2) is 3.37. The number of amides is 1. The maximum atomic E-state index is 10.7. The first-order chi connectivity index (χ1) is 7.36. The highest BCUT2D eigenvalue weighted by Gasteiger charge is 2.22. The number of hydrogen-bond donors (Lipinski definition) is 0. The third kappa shape index (κ3) is 1.44. The van der Waals surface area contributed by atoms with Crippen LogP contribution >= 0.6 is 0 Å². The van der Waals surface area contributed by atoms with E-state index in [0.29, 0.717) is 0 Å². The molecular formula is C13H15NO. The normalized spacial score (nSPS) is 19.9. The summed E-state index contributed by atoms with van der Waals surface area (Å²) in [6.45, 7) is 1.60. The summed E-state index contributed by atoms with van der Waals surface area (Å²) in [6.07, 6.45) is 5.01. The molecule has 1 fully saturated rings. The van der Waals surface area contributed by atoms with Crippen molar-refractivity contribution in [3.8, 4) is 0 Å². The zero-order valence-corrected chi connectivity index (χ0v) is 8.78. The van der Waals surface area contributed by atoms with Crippen LogP contribution in [0.1, 0.15) is 41.9 Å². The van der Waals surface area contributed by atoms with Gasteiger partial charge >= 0.3 is 0 Å². The fourth-order valence-electron chi connectivity index (χ4n) is 2.51. The van der Waals surface area contributed by atoms with E-state index >= 15 is 0 Å². The molecule has 0 spiro atoms. The average Bonchev–Trinajstić information content (AvgIpc) is 2.57. The molecule has 1 heterocycles. The van der Waals surface area contributed by atoms with E-state index in [1.165, 1.54) is 36.0 Å². The van der Waals surface area contributed by atoms with Gasteiger partial charge in [-0.2, -0.15) is 0 Å². The van der Waals surface area contributed by atoms with E-state index in [1.807, 2.05) is 4.90 Å². The summed E-state index contributed by atoms with van der Waals surface area (Å²) in [5.74, 6) is 0.792. The van der Waals surface area contributed by atoms with Gasteiger partial charge in [-0.1, -0.05) is 24.6 Å². The van der Waals surface area contributed by atoms with E-state index in [2.05, 4.69) is 18.2 Å². The molecule has 15 heavy (non-hydrogen) atoms. The molecule has 1 amide bonds. The van der Waals surface area contributed by atoms with Crippen molar-refractivity contribution in [2.24, 2.45) is 0 Å². The molecule has 0 bridgehead atoms. The minimum atomic E-state index is 0.792. The standard InChI is InChI=1S/C13H15NO/c15-9-14-7-12-5-4-11(6-13(12)8-14)10-2-1-3-10/h4-6,9-10H,1-3,7-8H2. The van der Waals surface area contributed by atoms with E-state index in [9.17, 15) is 4.79 Å². The third-order valence-electron chi connectivity index (χ3n) is 3.70. The first-order valence-electron chi connectivity index (χ1n) is 5.68. The highest BCUT2D eigenvalue weighted by Crippen LogP contribution is 2.37. The molecule has 0 N–H and O–H groups in total. The van der Waals surface area contributed by atoms with Crippen LogP contribution in [0.25, 0.3) is 0 Å². The fourth-order valence-corrected chi connectivity index (χ4v) is 2.51. The molecule has 0 unspecified atom stereocenters. The van der Waals surface area contributed by atoms with Crippen LogP contribution in [0.5, 0.6) is 0 Å². The van der Waals surface area contributed by atoms with Crippen LogP contribution < -0.4 is 0 Å². The summed E-state index contributed by atoms with van der Waals surface area (Å²) >= 11 is 0. The Kier molecular flexibility index (Phi) is 2.01. The van der Waals surface area contributed by atoms with Crippen LogP contribution in [-0.2, 0) is 17.9 Å². The molecule has 2 heteroatoms. The van der Waals surface area contributed by atoms with Crippen molar-refractivity contribution in [1.82, 2.24) is 4.90 Å². The summed E-state index contributed by atoms with van der Waals surface area (Å²) in [7, 11) is 0. The summed E-state index contributed by atoms with van der Waals surface area (Å²) < 4.78 is 0. The molecule has 1 aliphatic heterocycles. The Morgan fingerprint density at radius 2 is 2.00 bits per heavy atom. The highest BCUT2D eigenvalue weighted by molar-refractivity contribution is 5.51. The van der Waals surface area contributed by atoms with Crippen LogP contribution in [0, 0.1) is 0 Å². The SMILES string of the molecule is O=CN1Cc2ccc(C3CCC3)cc2C1. The van der Waals surface area contributed by atoms with Gasteiger partial charge in [-0.15, -0.1) is 0 Å². The predicted octanol–water partition coefficient (Wildman–Crippen LogP) is 2.43. The van der Waals surface area contributed by atoms with Gasteiger partial charge in [0, 0.05) is 13.1 Å². The largest absolute Gasteiger partial charge is 0.337 e. The topological polar surface area (TPSA) is 20.3 Å². The van der Waals surface area contributed by atoms with Gasteiger partial charge in [0.05, 0.1) is 0 Å². The van der Waals surface area contributed by atoms with E-state index in [1.54, 1.807) is 0 Å². The van der Waals surface area contributed by atoms with Crippen LogP contribution in [0.2, 0.25) is 0 Å². The molecule has 2 aliphatic rings. The van der Waals surface area contributed by atoms with Gasteiger partial charge in [0.15, 0.2) is 0 Å². The van der Waals surface area contributed by atoms with Crippen molar-refractivity contribution in [3.63, 3.8) is 0 Å². The van der Waals surface area contributed by atoms with Gasteiger partial charge in [0.2, 0.25) is 6.41 Å². The molecular weight excluding hydrogens is 186 g/mol. The number of fused-ring (bicyclic) bond motifs is 1. The summed E-state index contributed by atoms with van der Waals surface area (Å²) in [5.41, 5.74) is 4.16. The quantitative estimate of drug-likeness (QED) is 0.673. The molecule has 0 saturated heterocycles. The summed E-state index contributed by atoms with van der Waals surface area (Å²) in [5, 5.41) is 0. The van der Waals surface area contributed by atoms with Crippen molar-refractivity contribution in [1.29, 1.82) is 0 Å². The molecule has 0 radical (unpaired) electrons.